The van der Waals surface area contributed by atoms with Crippen LogP contribution < -0.4 is 15.5 Å². The molecule has 1 heterocycles. The summed E-state index contributed by atoms with van der Waals surface area (Å²) in [5.74, 6) is 0.155. The van der Waals surface area contributed by atoms with E-state index in [0.717, 1.165) is 34.1 Å². The molecule has 172 valence electrons. The molecule has 8 nitrogen and oxygen atoms in total. The standard InChI is InChI=1S/C25H28N4O4/c1-5-33-25(31)19-6-10-22(11-7-19)29-17(2)14-20(18(29)3)15-27-28-24(30)16-26-21-8-12-23(32-4)13-9-21/h6-15,26H,5,16H2,1-4H3,(H,28,30)/b27-15+. The van der Waals surface area contributed by atoms with Crippen LogP contribution in [-0.2, 0) is 9.53 Å². The monoisotopic (exact) mass is 448 g/mol. The van der Waals surface area contributed by atoms with Gasteiger partial charge in [0.15, 0.2) is 0 Å². The van der Waals surface area contributed by atoms with E-state index >= 15 is 0 Å². The van der Waals surface area contributed by atoms with Gasteiger partial charge in [0.2, 0.25) is 0 Å². The second-order valence-electron chi connectivity index (χ2n) is 7.30. The summed E-state index contributed by atoms with van der Waals surface area (Å²) in [6.45, 7) is 6.17. The molecule has 0 fully saturated rings. The van der Waals surface area contributed by atoms with E-state index in [4.69, 9.17) is 9.47 Å². The molecule has 0 atom stereocenters. The van der Waals surface area contributed by atoms with Crippen molar-refractivity contribution in [3.05, 3.63) is 77.1 Å². The normalized spacial score (nSPS) is 10.8. The lowest BCUT2D eigenvalue weighted by Crippen LogP contribution is -2.25. The van der Waals surface area contributed by atoms with Crippen molar-refractivity contribution >= 4 is 23.8 Å². The lowest BCUT2D eigenvalue weighted by Gasteiger charge is -2.10. The van der Waals surface area contributed by atoms with Crippen LogP contribution in [0.3, 0.4) is 0 Å². The summed E-state index contributed by atoms with van der Waals surface area (Å²) < 4.78 is 12.2. The third-order valence-electron chi connectivity index (χ3n) is 5.04. The predicted molar refractivity (Wildman–Crippen MR) is 128 cm³/mol. The molecule has 0 aliphatic heterocycles. The van der Waals surface area contributed by atoms with Gasteiger partial charge in [-0.15, -0.1) is 0 Å². The molecule has 1 aromatic heterocycles. The summed E-state index contributed by atoms with van der Waals surface area (Å²) >= 11 is 0. The first kappa shape index (κ1) is 23.6. The SMILES string of the molecule is CCOC(=O)c1ccc(-n2c(C)cc(/C=N/NC(=O)CNc3ccc(OC)cc3)c2C)cc1. The predicted octanol–water partition coefficient (Wildman–Crippen LogP) is 3.84. The first-order chi connectivity index (χ1) is 15.9. The number of methoxy groups -OCH3 is 1. The number of anilines is 1. The van der Waals surface area contributed by atoms with Crippen molar-refractivity contribution in [2.45, 2.75) is 20.8 Å². The maximum Gasteiger partial charge on any atom is 0.338 e. The van der Waals surface area contributed by atoms with Gasteiger partial charge in [0, 0.05) is 28.3 Å². The Morgan fingerprint density at radius 1 is 1.06 bits per heavy atom. The molecule has 0 bridgehead atoms. The number of aryl methyl sites for hydroxylation is 1. The van der Waals surface area contributed by atoms with E-state index in [-0.39, 0.29) is 18.4 Å². The molecule has 2 aromatic carbocycles. The van der Waals surface area contributed by atoms with E-state index in [1.54, 1.807) is 32.4 Å². The average Bonchev–Trinajstić information content (AvgIpc) is 3.11. The van der Waals surface area contributed by atoms with Crippen LogP contribution in [0.5, 0.6) is 5.75 Å². The number of carbonyl (C=O) groups excluding carboxylic acids is 2. The molecule has 2 N–H and O–H groups in total. The zero-order valence-corrected chi connectivity index (χ0v) is 19.2. The fourth-order valence-corrected chi connectivity index (χ4v) is 3.38. The fourth-order valence-electron chi connectivity index (χ4n) is 3.38. The zero-order valence-electron chi connectivity index (χ0n) is 19.2. The van der Waals surface area contributed by atoms with Crippen LogP contribution in [0.15, 0.2) is 59.7 Å². The van der Waals surface area contributed by atoms with E-state index in [9.17, 15) is 9.59 Å². The van der Waals surface area contributed by atoms with Crippen LogP contribution in [0, 0.1) is 13.8 Å². The summed E-state index contributed by atoms with van der Waals surface area (Å²) in [6.07, 6.45) is 1.62. The van der Waals surface area contributed by atoms with E-state index in [1.807, 2.05) is 56.3 Å². The quantitative estimate of drug-likeness (QED) is 0.295. The van der Waals surface area contributed by atoms with E-state index in [0.29, 0.717) is 12.2 Å². The van der Waals surface area contributed by atoms with E-state index in [1.165, 1.54) is 0 Å². The van der Waals surface area contributed by atoms with Crippen molar-refractivity contribution in [3.8, 4) is 11.4 Å². The lowest BCUT2D eigenvalue weighted by atomic mass is 10.2. The van der Waals surface area contributed by atoms with Gasteiger partial charge in [-0.3, -0.25) is 4.79 Å². The number of nitrogens with zero attached hydrogens (tertiary/aromatic N) is 2. The third-order valence-corrected chi connectivity index (χ3v) is 5.04. The molecule has 0 aliphatic rings. The molecule has 0 saturated heterocycles. The molecular weight excluding hydrogens is 420 g/mol. The van der Waals surface area contributed by atoms with Crippen LogP contribution in [0.4, 0.5) is 5.69 Å². The van der Waals surface area contributed by atoms with Gasteiger partial charge in [0.25, 0.3) is 5.91 Å². The minimum absolute atomic E-state index is 0.0928. The average molecular weight is 449 g/mol. The molecule has 0 spiro atoms. The summed E-state index contributed by atoms with van der Waals surface area (Å²) in [7, 11) is 1.60. The molecule has 0 unspecified atom stereocenters. The Hall–Kier alpha value is -4.07. The number of hydrogen-bond acceptors (Lipinski definition) is 6. The molecule has 8 heteroatoms. The van der Waals surface area contributed by atoms with Crippen molar-refractivity contribution < 1.29 is 19.1 Å². The number of hydrogen-bond donors (Lipinski definition) is 2. The highest BCUT2D eigenvalue weighted by Gasteiger charge is 2.11. The molecule has 0 radical (unpaired) electrons. The number of ether oxygens (including phenoxy) is 2. The second-order valence-corrected chi connectivity index (χ2v) is 7.30. The van der Waals surface area contributed by atoms with Gasteiger partial charge in [0.05, 0.1) is 32.0 Å². The van der Waals surface area contributed by atoms with Gasteiger partial charge >= 0.3 is 5.97 Å². The molecule has 1 amide bonds. The maximum atomic E-state index is 12.1. The summed E-state index contributed by atoms with van der Waals surface area (Å²) in [6, 6.07) is 16.5. The first-order valence-corrected chi connectivity index (χ1v) is 10.6. The van der Waals surface area contributed by atoms with Gasteiger partial charge in [0.1, 0.15) is 5.75 Å². The number of aromatic nitrogens is 1. The highest BCUT2D eigenvalue weighted by atomic mass is 16.5. The van der Waals surface area contributed by atoms with Crippen LogP contribution in [0.1, 0.15) is 34.2 Å². The van der Waals surface area contributed by atoms with Crippen molar-refractivity contribution in [2.24, 2.45) is 5.10 Å². The Balaban J connectivity index is 1.60. The number of hydrazone groups is 1. The largest absolute Gasteiger partial charge is 0.497 e. The van der Waals surface area contributed by atoms with Gasteiger partial charge in [-0.1, -0.05) is 0 Å². The van der Waals surface area contributed by atoms with E-state index in [2.05, 4.69) is 20.4 Å². The Morgan fingerprint density at radius 2 is 1.76 bits per heavy atom. The van der Waals surface area contributed by atoms with Crippen LogP contribution in [0.25, 0.3) is 5.69 Å². The highest BCUT2D eigenvalue weighted by Crippen LogP contribution is 2.20. The Morgan fingerprint density at radius 3 is 2.39 bits per heavy atom. The first-order valence-electron chi connectivity index (χ1n) is 10.6. The molecule has 3 aromatic rings. The fraction of sp³-hybridized carbons (Fsp3) is 0.240. The van der Waals surface area contributed by atoms with Gasteiger partial charge in [-0.2, -0.15) is 5.10 Å². The number of amides is 1. The molecule has 33 heavy (non-hydrogen) atoms. The van der Waals surface area contributed by atoms with Crippen LogP contribution >= 0.6 is 0 Å². The lowest BCUT2D eigenvalue weighted by molar-refractivity contribution is -0.119. The van der Waals surface area contributed by atoms with Crippen molar-refractivity contribution in [1.82, 2.24) is 9.99 Å². The minimum atomic E-state index is -0.338. The van der Waals surface area contributed by atoms with Crippen molar-refractivity contribution in [2.75, 3.05) is 25.6 Å². The Bertz CT molecular complexity index is 1130. The summed E-state index contributed by atoms with van der Waals surface area (Å²) in [4.78, 5) is 24.0. The Labute approximate surface area is 193 Å². The Kier molecular flexibility index (Phi) is 7.86. The molecule has 3 rings (SSSR count). The number of nitrogens with one attached hydrogen (secondary N) is 2. The second kappa shape index (κ2) is 11.0. The van der Waals surface area contributed by atoms with Crippen molar-refractivity contribution in [1.29, 1.82) is 0 Å². The zero-order chi connectivity index (χ0) is 23.8. The smallest absolute Gasteiger partial charge is 0.338 e. The minimum Gasteiger partial charge on any atom is -0.497 e. The number of benzene rings is 2. The van der Waals surface area contributed by atoms with Crippen molar-refractivity contribution in [3.63, 3.8) is 0 Å². The number of esters is 1. The number of carbonyl (C=O) groups is 2. The van der Waals surface area contributed by atoms with Gasteiger partial charge < -0.3 is 19.4 Å². The molecule has 0 saturated carbocycles. The van der Waals surface area contributed by atoms with Gasteiger partial charge in [-0.05, 0) is 75.4 Å². The summed E-state index contributed by atoms with van der Waals surface area (Å²) in [5, 5.41) is 7.12. The summed E-state index contributed by atoms with van der Waals surface area (Å²) in [5.41, 5.74) is 7.63. The van der Waals surface area contributed by atoms with Crippen LogP contribution in [0.2, 0.25) is 0 Å². The molecule has 0 aliphatic carbocycles. The topological polar surface area (TPSA) is 94.0 Å². The maximum absolute atomic E-state index is 12.1. The third kappa shape index (κ3) is 6.00. The highest BCUT2D eigenvalue weighted by molar-refractivity contribution is 5.89. The van der Waals surface area contributed by atoms with Crippen LogP contribution in [-0.4, -0.2) is 42.9 Å². The van der Waals surface area contributed by atoms with Gasteiger partial charge in [-0.25, -0.2) is 10.2 Å². The van der Waals surface area contributed by atoms with E-state index < -0.39 is 0 Å². The molecular formula is C25H28N4O4. The number of rotatable bonds is 9.